The van der Waals surface area contributed by atoms with Gasteiger partial charge in [0.2, 0.25) is 0 Å². The Morgan fingerprint density at radius 3 is 2.38 bits per heavy atom. The number of ether oxygens (including phenoxy) is 2. The summed E-state index contributed by atoms with van der Waals surface area (Å²) in [5.74, 6) is 1.71. The topological polar surface area (TPSA) is 67.8 Å². The third-order valence-corrected chi connectivity index (χ3v) is 6.20. The molecule has 3 aliphatic rings. The summed E-state index contributed by atoms with van der Waals surface area (Å²) in [6.45, 7) is 8.07. The molecule has 0 amide bonds. The van der Waals surface area contributed by atoms with Gasteiger partial charge in [0, 0.05) is 37.0 Å². The molecular formula is C23H33NO4S. The number of nitrogens with one attached hydrogen (secondary N) is 1. The number of aliphatic hydroxyl groups is 1. The fraction of sp³-hybridized carbons (Fsp3) is 0.522. The molecule has 160 valence electrons. The number of carbonyl (C=O) groups is 1. The Morgan fingerprint density at radius 1 is 1.21 bits per heavy atom. The van der Waals surface area contributed by atoms with E-state index in [1.165, 1.54) is 5.70 Å². The molecule has 5 nitrogen and oxygen atoms in total. The highest BCUT2D eigenvalue weighted by Crippen LogP contribution is 2.41. The van der Waals surface area contributed by atoms with Crippen molar-refractivity contribution in [3.05, 3.63) is 52.6 Å². The number of fused-ring (bicyclic) bond motifs is 1. The van der Waals surface area contributed by atoms with Gasteiger partial charge in [0.15, 0.2) is 5.78 Å². The van der Waals surface area contributed by atoms with Gasteiger partial charge >= 0.3 is 0 Å². The Labute approximate surface area is 178 Å². The molecule has 0 bridgehead atoms. The van der Waals surface area contributed by atoms with Gasteiger partial charge in [-0.1, -0.05) is 37.8 Å². The Kier molecular flexibility index (Phi) is 9.78. The highest BCUT2D eigenvalue weighted by atomic mass is 32.2. The number of hydrogen-bond acceptors (Lipinski definition) is 6. The summed E-state index contributed by atoms with van der Waals surface area (Å²) >= 11 is 1.62. The number of benzene rings is 1. The van der Waals surface area contributed by atoms with Gasteiger partial charge < -0.3 is 19.9 Å². The molecule has 0 saturated carbocycles. The third kappa shape index (κ3) is 6.63. The van der Waals surface area contributed by atoms with Crippen LogP contribution in [0, 0.1) is 11.8 Å². The van der Waals surface area contributed by atoms with E-state index >= 15 is 0 Å². The molecule has 2 atom stereocenters. The first-order valence-corrected chi connectivity index (χ1v) is 11.2. The maximum absolute atomic E-state index is 12.4. The lowest BCUT2D eigenvalue weighted by molar-refractivity contribution is 0.0455. The fourth-order valence-electron chi connectivity index (χ4n) is 3.28. The zero-order valence-corrected chi connectivity index (χ0v) is 18.6. The monoisotopic (exact) mass is 419 g/mol. The van der Waals surface area contributed by atoms with Gasteiger partial charge in [0.05, 0.1) is 17.4 Å². The van der Waals surface area contributed by atoms with Gasteiger partial charge in [-0.25, -0.2) is 0 Å². The van der Waals surface area contributed by atoms with Crippen molar-refractivity contribution in [1.29, 1.82) is 0 Å². The molecule has 1 fully saturated rings. The Bertz CT molecular complexity index is 708. The van der Waals surface area contributed by atoms with Crippen LogP contribution >= 0.6 is 11.8 Å². The minimum atomic E-state index is 0.0925. The first-order chi connectivity index (χ1) is 14.1. The SMILES string of the molecule is CC.COc1ccc(C(=O)C2=C[C@@H]3C=C(C)NC3S2)cc1.OCC1CCOCC1. The van der Waals surface area contributed by atoms with E-state index < -0.39 is 0 Å². The van der Waals surface area contributed by atoms with Crippen LogP contribution in [-0.4, -0.2) is 43.2 Å². The second kappa shape index (κ2) is 12.1. The zero-order chi connectivity index (χ0) is 21.2. The average Bonchev–Trinajstić information content (AvgIpc) is 3.33. The molecule has 0 radical (unpaired) electrons. The zero-order valence-electron chi connectivity index (χ0n) is 17.8. The lowest BCUT2D eigenvalue weighted by Crippen LogP contribution is -2.20. The maximum Gasteiger partial charge on any atom is 0.199 e. The van der Waals surface area contributed by atoms with Gasteiger partial charge in [0.1, 0.15) is 5.75 Å². The number of allylic oxidation sites excluding steroid dienone is 2. The van der Waals surface area contributed by atoms with E-state index in [1.807, 2.05) is 38.1 Å². The summed E-state index contributed by atoms with van der Waals surface area (Å²) in [7, 11) is 1.62. The van der Waals surface area contributed by atoms with E-state index in [2.05, 4.69) is 24.4 Å². The molecule has 0 spiro atoms. The van der Waals surface area contributed by atoms with E-state index in [1.54, 1.807) is 18.9 Å². The van der Waals surface area contributed by atoms with E-state index in [-0.39, 0.29) is 11.2 Å². The number of rotatable bonds is 4. The summed E-state index contributed by atoms with van der Waals surface area (Å²) in [4.78, 5) is 13.2. The fourth-order valence-corrected chi connectivity index (χ4v) is 4.58. The van der Waals surface area contributed by atoms with Crippen LogP contribution in [0.4, 0.5) is 0 Å². The van der Waals surface area contributed by atoms with Crippen LogP contribution in [0.1, 0.15) is 44.0 Å². The van der Waals surface area contributed by atoms with Crippen LogP contribution in [0.3, 0.4) is 0 Å². The first kappa shape index (κ1) is 23.5. The molecule has 2 N–H and O–H groups in total. The summed E-state index contributed by atoms with van der Waals surface area (Å²) in [5.41, 5.74) is 1.90. The van der Waals surface area contributed by atoms with E-state index in [4.69, 9.17) is 14.6 Å². The molecule has 3 aliphatic heterocycles. The summed E-state index contributed by atoms with van der Waals surface area (Å²) < 4.78 is 10.2. The second-order valence-corrected chi connectivity index (χ2v) is 8.12. The van der Waals surface area contributed by atoms with E-state index in [9.17, 15) is 4.79 Å². The van der Waals surface area contributed by atoms with Crippen LogP contribution in [-0.2, 0) is 4.74 Å². The summed E-state index contributed by atoms with van der Waals surface area (Å²) in [5, 5.41) is 12.3. The highest BCUT2D eigenvalue weighted by Gasteiger charge is 2.33. The molecule has 0 aromatic heterocycles. The normalized spacial score (nSPS) is 22.7. The molecule has 3 heterocycles. The largest absolute Gasteiger partial charge is 0.497 e. The minimum absolute atomic E-state index is 0.0925. The van der Waals surface area contributed by atoms with Gasteiger partial charge in [-0.2, -0.15) is 0 Å². The average molecular weight is 420 g/mol. The number of thioether (sulfide) groups is 1. The van der Waals surface area contributed by atoms with E-state index in [0.717, 1.165) is 36.7 Å². The molecule has 6 heteroatoms. The molecule has 29 heavy (non-hydrogen) atoms. The summed E-state index contributed by atoms with van der Waals surface area (Å²) in [6, 6.07) is 7.25. The van der Waals surface area contributed by atoms with Gasteiger partial charge in [-0.15, -0.1) is 0 Å². The van der Waals surface area contributed by atoms with Crippen molar-refractivity contribution in [3.63, 3.8) is 0 Å². The molecule has 1 saturated heterocycles. The van der Waals surface area contributed by atoms with Crippen LogP contribution in [0.15, 0.2) is 47.0 Å². The van der Waals surface area contributed by atoms with Crippen molar-refractivity contribution in [2.24, 2.45) is 11.8 Å². The van der Waals surface area contributed by atoms with E-state index in [0.29, 0.717) is 24.0 Å². The van der Waals surface area contributed by atoms with Crippen molar-refractivity contribution in [2.75, 3.05) is 26.9 Å². The quantitative estimate of drug-likeness (QED) is 0.706. The lowest BCUT2D eigenvalue weighted by Gasteiger charge is -2.18. The molecule has 0 aliphatic carbocycles. The predicted octanol–water partition coefficient (Wildman–Crippen LogP) is 4.39. The second-order valence-electron chi connectivity index (χ2n) is 6.94. The van der Waals surface area contributed by atoms with Gasteiger partial charge in [-0.3, -0.25) is 4.79 Å². The number of carbonyl (C=O) groups excluding carboxylic acids is 1. The number of Topliss-reactive ketones (excluding diaryl/α,β-unsaturated/α-hetero) is 1. The van der Waals surface area contributed by atoms with Crippen LogP contribution < -0.4 is 10.1 Å². The number of methoxy groups -OCH3 is 1. The third-order valence-electron chi connectivity index (χ3n) is 4.93. The maximum atomic E-state index is 12.4. The van der Waals surface area contributed by atoms with Crippen molar-refractivity contribution < 1.29 is 19.4 Å². The predicted molar refractivity (Wildman–Crippen MR) is 119 cm³/mol. The number of ketones is 1. The van der Waals surface area contributed by atoms with Crippen molar-refractivity contribution in [2.45, 2.75) is 39.0 Å². The highest BCUT2D eigenvalue weighted by molar-refractivity contribution is 8.04. The van der Waals surface area contributed by atoms with Crippen molar-refractivity contribution in [1.82, 2.24) is 5.32 Å². The van der Waals surface area contributed by atoms with Crippen molar-refractivity contribution >= 4 is 17.5 Å². The smallest absolute Gasteiger partial charge is 0.199 e. The summed E-state index contributed by atoms with van der Waals surface area (Å²) in [6.07, 6.45) is 6.31. The van der Waals surface area contributed by atoms with Crippen LogP contribution in [0.5, 0.6) is 5.75 Å². The Morgan fingerprint density at radius 2 is 1.86 bits per heavy atom. The Hall–Kier alpha value is -1.76. The molecule has 4 rings (SSSR count). The molecular weight excluding hydrogens is 386 g/mol. The molecule has 1 unspecified atom stereocenters. The number of hydrogen-bond donors (Lipinski definition) is 2. The number of aliphatic hydroxyl groups excluding tert-OH is 1. The van der Waals surface area contributed by atoms with Crippen LogP contribution in [0.25, 0.3) is 0 Å². The minimum Gasteiger partial charge on any atom is -0.497 e. The Balaban J connectivity index is 0.000000252. The van der Waals surface area contributed by atoms with Crippen molar-refractivity contribution in [3.8, 4) is 5.75 Å². The van der Waals surface area contributed by atoms with Gasteiger partial charge in [0.25, 0.3) is 0 Å². The standard InChI is InChI=1S/C15H15NO2S.C6H12O2.C2H6/c1-9-7-11-8-13(19-15(11)16-9)14(17)10-3-5-12(18-2)6-4-10;7-5-6-1-3-8-4-2-6;1-2/h3-8,11,15-16H,1-2H3;6-7H,1-5H2;1-2H3/t11-,15?;;/m0../s1. The molecule has 1 aromatic rings. The molecule has 1 aromatic carbocycles. The first-order valence-electron chi connectivity index (χ1n) is 10.3. The van der Waals surface area contributed by atoms with Crippen LogP contribution in [0.2, 0.25) is 0 Å². The van der Waals surface area contributed by atoms with Gasteiger partial charge in [-0.05, 0) is 49.9 Å². The lowest BCUT2D eigenvalue weighted by atomic mass is 10.0.